The summed E-state index contributed by atoms with van der Waals surface area (Å²) < 4.78 is 0. The van der Waals surface area contributed by atoms with Crippen LogP contribution in [0.15, 0.2) is 30.4 Å². The van der Waals surface area contributed by atoms with Gasteiger partial charge in [0.2, 0.25) is 0 Å². The Labute approximate surface area is 119 Å². The molecule has 1 aliphatic carbocycles. The van der Waals surface area contributed by atoms with Crippen LogP contribution in [0.5, 0.6) is 0 Å². The summed E-state index contributed by atoms with van der Waals surface area (Å²) in [4.78, 5) is 0. The van der Waals surface area contributed by atoms with E-state index in [-0.39, 0.29) is 11.0 Å². The van der Waals surface area contributed by atoms with Gasteiger partial charge in [-0.1, -0.05) is 57.4 Å². The molecule has 0 amide bonds. The molecule has 1 heteroatoms. The van der Waals surface area contributed by atoms with Crippen molar-refractivity contribution in [1.29, 1.82) is 0 Å². The van der Waals surface area contributed by atoms with E-state index in [9.17, 15) is 0 Å². The third kappa shape index (κ3) is 3.20. The summed E-state index contributed by atoms with van der Waals surface area (Å²) in [6, 6.07) is 0. The van der Waals surface area contributed by atoms with E-state index in [1.165, 1.54) is 18.4 Å². The quantitative estimate of drug-likeness (QED) is 0.654. The Hall–Kier alpha value is -0.820. The molecule has 0 bridgehead atoms. The van der Waals surface area contributed by atoms with Crippen molar-refractivity contribution in [2.24, 2.45) is 17.1 Å². The van der Waals surface area contributed by atoms with Gasteiger partial charge in [0.25, 0.3) is 0 Å². The molecular weight excluding hydrogens is 230 g/mol. The van der Waals surface area contributed by atoms with Crippen LogP contribution in [0.3, 0.4) is 0 Å². The van der Waals surface area contributed by atoms with Gasteiger partial charge in [0.05, 0.1) is 0 Å². The first-order valence-electron chi connectivity index (χ1n) is 7.59. The zero-order chi connectivity index (χ0) is 14.5. The van der Waals surface area contributed by atoms with Crippen LogP contribution in [0, 0.1) is 17.4 Å². The van der Waals surface area contributed by atoms with Gasteiger partial charge < -0.3 is 5.73 Å². The third-order valence-corrected chi connectivity index (χ3v) is 4.78. The molecule has 19 heavy (non-hydrogen) atoms. The number of rotatable bonds is 7. The first-order chi connectivity index (χ1) is 8.92. The summed E-state index contributed by atoms with van der Waals surface area (Å²) in [5.41, 5.74) is 7.85. The predicted octanol–water partition coefficient (Wildman–Crippen LogP) is 4.80. The SMILES string of the molecule is C=C(C)CC(N)(CC)C1(C(C)CCC)C=CC=[C]C1. The molecule has 0 aromatic heterocycles. The molecule has 0 aromatic rings. The van der Waals surface area contributed by atoms with Crippen molar-refractivity contribution >= 4 is 0 Å². The van der Waals surface area contributed by atoms with Crippen LogP contribution in [0.2, 0.25) is 0 Å². The van der Waals surface area contributed by atoms with E-state index in [2.05, 4.69) is 52.5 Å². The maximum Gasteiger partial charge on any atom is 0.0287 e. The highest BCUT2D eigenvalue weighted by Gasteiger charge is 2.48. The van der Waals surface area contributed by atoms with Crippen LogP contribution in [0.4, 0.5) is 0 Å². The Kier molecular flexibility index (Phi) is 5.61. The molecule has 0 saturated heterocycles. The third-order valence-electron chi connectivity index (χ3n) is 4.78. The zero-order valence-corrected chi connectivity index (χ0v) is 13.1. The summed E-state index contributed by atoms with van der Waals surface area (Å²) in [5, 5.41) is 0. The van der Waals surface area contributed by atoms with Gasteiger partial charge in [-0.2, -0.15) is 0 Å². The number of hydrogen-bond acceptors (Lipinski definition) is 1. The van der Waals surface area contributed by atoms with Gasteiger partial charge in [0.1, 0.15) is 0 Å². The van der Waals surface area contributed by atoms with Gasteiger partial charge >= 0.3 is 0 Å². The van der Waals surface area contributed by atoms with Crippen molar-refractivity contribution < 1.29 is 0 Å². The van der Waals surface area contributed by atoms with E-state index in [4.69, 9.17) is 5.73 Å². The first kappa shape index (κ1) is 16.2. The molecule has 0 aliphatic heterocycles. The molecule has 1 rings (SSSR count). The van der Waals surface area contributed by atoms with Crippen LogP contribution in [-0.2, 0) is 0 Å². The van der Waals surface area contributed by atoms with Gasteiger partial charge in [-0.25, -0.2) is 0 Å². The minimum Gasteiger partial charge on any atom is -0.324 e. The van der Waals surface area contributed by atoms with Crippen LogP contribution in [0.25, 0.3) is 0 Å². The predicted molar refractivity (Wildman–Crippen MR) is 84.7 cm³/mol. The van der Waals surface area contributed by atoms with Crippen LogP contribution in [0.1, 0.15) is 59.8 Å². The van der Waals surface area contributed by atoms with Crippen molar-refractivity contribution in [2.75, 3.05) is 0 Å². The molecule has 0 saturated carbocycles. The standard InChI is InChI=1S/C18H30N/c1-6-11-16(5)17(12-9-8-10-13-17)18(19,7-2)14-15(3)4/h8-9,12,16H,3,6-7,11,13-14,19H2,1-2,4-5H3. The average Bonchev–Trinajstić information content (AvgIpc) is 2.38. The summed E-state index contributed by atoms with van der Waals surface area (Å²) in [6.45, 7) is 13.0. The lowest BCUT2D eigenvalue weighted by molar-refractivity contribution is 0.0924. The van der Waals surface area contributed by atoms with Crippen molar-refractivity contribution in [3.63, 3.8) is 0 Å². The summed E-state index contributed by atoms with van der Waals surface area (Å²) in [6.07, 6.45) is 15.1. The van der Waals surface area contributed by atoms with Crippen molar-refractivity contribution in [3.05, 3.63) is 36.5 Å². The molecule has 3 atom stereocenters. The Morgan fingerprint density at radius 3 is 2.63 bits per heavy atom. The lowest BCUT2D eigenvalue weighted by Crippen LogP contribution is -2.57. The Morgan fingerprint density at radius 2 is 2.21 bits per heavy atom. The number of nitrogens with two attached hydrogens (primary N) is 1. The van der Waals surface area contributed by atoms with E-state index in [1.807, 2.05) is 6.08 Å². The largest absolute Gasteiger partial charge is 0.324 e. The van der Waals surface area contributed by atoms with E-state index >= 15 is 0 Å². The average molecular weight is 260 g/mol. The minimum absolute atomic E-state index is 0.0193. The Balaban J connectivity index is 3.17. The van der Waals surface area contributed by atoms with Gasteiger partial charge in [0.15, 0.2) is 0 Å². The van der Waals surface area contributed by atoms with Crippen molar-refractivity contribution in [1.82, 2.24) is 0 Å². The number of allylic oxidation sites excluding steroid dienone is 3. The Morgan fingerprint density at radius 1 is 1.53 bits per heavy atom. The molecule has 0 spiro atoms. The molecular formula is C18H30N. The highest BCUT2D eigenvalue weighted by molar-refractivity contribution is 5.24. The highest BCUT2D eigenvalue weighted by Crippen LogP contribution is 2.49. The van der Waals surface area contributed by atoms with Crippen LogP contribution >= 0.6 is 0 Å². The molecule has 2 N–H and O–H groups in total. The second-order valence-corrected chi connectivity index (χ2v) is 6.28. The zero-order valence-electron chi connectivity index (χ0n) is 13.1. The van der Waals surface area contributed by atoms with Crippen molar-refractivity contribution in [2.45, 2.75) is 65.3 Å². The fourth-order valence-electron chi connectivity index (χ4n) is 3.59. The first-order valence-corrected chi connectivity index (χ1v) is 7.59. The smallest absolute Gasteiger partial charge is 0.0287 e. The monoisotopic (exact) mass is 260 g/mol. The molecule has 107 valence electrons. The highest BCUT2D eigenvalue weighted by atomic mass is 14.8. The van der Waals surface area contributed by atoms with E-state index in [0.717, 1.165) is 19.3 Å². The van der Waals surface area contributed by atoms with Gasteiger partial charge in [-0.15, -0.1) is 6.58 Å². The normalized spacial score (nSPS) is 27.0. The van der Waals surface area contributed by atoms with Gasteiger partial charge in [0, 0.05) is 11.0 Å². The van der Waals surface area contributed by atoms with Gasteiger partial charge in [-0.05, 0) is 38.2 Å². The molecule has 1 radical (unpaired) electrons. The topological polar surface area (TPSA) is 26.0 Å². The second-order valence-electron chi connectivity index (χ2n) is 6.28. The maximum absolute atomic E-state index is 6.87. The van der Waals surface area contributed by atoms with E-state index in [0.29, 0.717) is 5.92 Å². The Bertz CT molecular complexity index is 366. The molecule has 0 fully saturated rings. The molecule has 0 heterocycles. The second kappa shape index (κ2) is 6.56. The lowest BCUT2D eigenvalue weighted by Gasteiger charge is -2.51. The van der Waals surface area contributed by atoms with Crippen LogP contribution < -0.4 is 5.73 Å². The van der Waals surface area contributed by atoms with Crippen LogP contribution in [-0.4, -0.2) is 5.54 Å². The van der Waals surface area contributed by atoms with Crippen molar-refractivity contribution in [3.8, 4) is 0 Å². The van der Waals surface area contributed by atoms with E-state index in [1.54, 1.807) is 0 Å². The fraction of sp³-hybridized carbons (Fsp3) is 0.667. The minimum atomic E-state index is -0.217. The summed E-state index contributed by atoms with van der Waals surface area (Å²) in [7, 11) is 0. The molecule has 0 aromatic carbocycles. The maximum atomic E-state index is 6.87. The number of hydrogen-bond donors (Lipinski definition) is 1. The molecule has 3 unspecified atom stereocenters. The molecule has 1 aliphatic rings. The van der Waals surface area contributed by atoms with Gasteiger partial charge in [-0.3, -0.25) is 0 Å². The fourth-order valence-corrected chi connectivity index (χ4v) is 3.59. The van der Waals surface area contributed by atoms with E-state index < -0.39 is 0 Å². The summed E-state index contributed by atoms with van der Waals surface area (Å²) in [5.74, 6) is 0.569. The molecule has 1 nitrogen and oxygen atoms in total. The summed E-state index contributed by atoms with van der Waals surface area (Å²) >= 11 is 0. The lowest BCUT2D eigenvalue weighted by atomic mass is 9.56.